The number of rotatable bonds is 3. The zero-order chi connectivity index (χ0) is 15.0. The van der Waals surface area contributed by atoms with Crippen molar-refractivity contribution < 1.29 is 26.3 Å². The molecule has 0 aliphatic rings. The first-order valence-corrected chi connectivity index (χ1v) is 6.96. The fraction of sp³-hybridized carbons (Fsp3) is 0.0909. The molecule has 0 N–H and O–H groups in total. The Morgan fingerprint density at radius 1 is 1.15 bits per heavy atom. The van der Waals surface area contributed by atoms with Crippen molar-refractivity contribution in [3.63, 3.8) is 0 Å². The molecule has 0 radical (unpaired) electrons. The van der Waals surface area contributed by atoms with Gasteiger partial charge in [0.25, 0.3) is 10.0 Å². The number of ether oxygens (including phenoxy) is 1. The molecular weight excluding hydrogens is 319 g/mol. The summed E-state index contributed by atoms with van der Waals surface area (Å²) in [4.78, 5) is -0.364. The number of alkyl halides is 3. The second-order valence-corrected chi connectivity index (χ2v) is 5.86. The average molecular weight is 326 g/mol. The number of hydrogen-bond acceptors (Lipinski definition) is 3. The predicted octanol–water partition coefficient (Wildman–Crippen LogP) is 3.28. The highest BCUT2D eigenvalue weighted by Gasteiger charge is 2.31. The molecule has 9 heteroatoms. The first kappa shape index (κ1) is 14.7. The van der Waals surface area contributed by atoms with Crippen molar-refractivity contribution >= 4 is 21.6 Å². The predicted molar refractivity (Wildman–Crippen MR) is 65.2 cm³/mol. The lowest BCUT2D eigenvalue weighted by molar-refractivity contribution is -0.274. The third-order valence-electron chi connectivity index (χ3n) is 2.26. The fourth-order valence-corrected chi connectivity index (χ4v) is 3.15. The maximum Gasteiger partial charge on any atom is 0.573 e. The molecule has 0 aliphatic heterocycles. The summed E-state index contributed by atoms with van der Waals surface area (Å²) >= 11 is 5.69. The summed E-state index contributed by atoms with van der Waals surface area (Å²) in [5.41, 5.74) is 0. The number of benzene rings is 1. The van der Waals surface area contributed by atoms with E-state index < -0.39 is 22.1 Å². The fourth-order valence-electron chi connectivity index (χ4n) is 1.49. The van der Waals surface area contributed by atoms with Crippen LogP contribution in [0.15, 0.2) is 47.5 Å². The van der Waals surface area contributed by atoms with Gasteiger partial charge in [-0.05, 0) is 24.3 Å². The lowest BCUT2D eigenvalue weighted by Gasteiger charge is -2.11. The smallest absolute Gasteiger partial charge is 0.406 e. The lowest BCUT2D eigenvalue weighted by atomic mass is 10.3. The number of aromatic nitrogens is 1. The SMILES string of the molecule is O=S(=O)(c1cccc(OC(F)(F)F)c1)n1cccc1Cl. The molecule has 0 bridgehead atoms. The second kappa shape index (κ2) is 5.02. The summed E-state index contributed by atoms with van der Waals surface area (Å²) in [6.07, 6.45) is -3.71. The molecule has 1 aromatic heterocycles. The first-order valence-electron chi connectivity index (χ1n) is 5.14. The summed E-state index contributed by atoms with van der Waals surface area (Å²) < 4.78 is 65.1. The van der Waals surface area contributed by atoms with Crippen LogP contribution in [-0.2, 0) is 10.0 Å². The monoisotopic (exact) mass is 325 g/mol. The van der Waals surface area contributed by atoms with E-state index >= 15 is 0 Å². The van der Waals surface area contributed by atoms with Crippen LogP contribution >= 0.6 is 11.6 Å². The molecule has 0 atom stereocenters. The number of nitrogens with zero attached hydrogens (tertiary/aromatic N) is 1. The van der Waals surface area contributed by atoms with Crippen LogP contribution in [-0.4, -0.2) is 18.8 Å². The van der Waals surface area contributed by atoms with E-state index in [1.165, 1.54) is 18.3 Å². The van der Waals surface area contributed by atoms with Gasteiger partial charge in [0.2, 0.25) is 0 Å². The highest BCUT2D eigenvalue weighted by Crippen LogP contribution is 2.27. The highest BCUT2D eigenvalue weighted by atomic mass is 35.5. The van der Waals surface area contributed by atoms with Crippen molar-refractivity contribution in [2.24, 2.45) is 0 Å². The average Bonchev–Trinajstić information content (AvgIpc) is 2.74. The van der Waals surface area contributed by atoms with E-state index in [2.05, 4.69) is 4.74 Å². The standard InChI is InChI=1S/C11H7ClF3NO3S/c12-10-5-2-6-16(10)20(17,18)9-4-1-3-8(7-9)19-11(13,14)15/h1-7H. The summed E-state index contributed by atoms with van der Waals surface area (Å²) in [7, 11) is -4.07. The van der Waals surface area contributed by atoms with Crippen molar-refractivity contribution in [2.45, 2.75) is 11.3 Å². The van der Waals surface area contributed by atoms with E-state index in [1.54, 1.807) is 0 Å². The molecule has 0 spiro atoms. The number of halogens is 4. The van der Waals surface area contributed by atoms with Crippen LogP contribution in [0.4, 0.5) is 13.2 Å². The molecule has 0 unspecified atom stereocenters. The Balaban J connectivity index is 2.44. The van der Waals surface area contributed by atoms with Gasteiger partial charge in [-0.25, -0.2) is 12.4 Å². The molecule has 1 aromatic carbocycles. The molecule has 0 fully saturated rings. The Morgan fingerprint density at radius 2 is 1.85 bits per heavy atom. The van der Waals surface area contributed by atoms with Crippen LogP contribution in [0.1, 0.15) is 0 Å². The van der Waals surface area contributed by atoms with E-state index in [0.717, 1.165) is 28.2 Å². The number of hydrogen-bond donors (Lipinski definition) is 0. The second-order valence-electron chi connectivity index (χ2n) is 3.65. The topological polar surface area (TPSA) is 48.3 Å². The molecule has 4 nitrogen and oxygen atoms in total. The molecule has 20 heavy (non-hydrogen) atoms. The molecule has 2 aromatic rings. The minimum Gasteiger partial charge on any atom is -0.406 e. The van der Waals surface area contributed by atoms with Crippen molar-refractivity contribution in [2.75, 3.05) is 0 Å². The maximum atomic E-state index is 12.2. The Bertz CT molecular complexity index is 725. The molecular formula is C11H7ClF3NO3S. The van der Waals surface area contributed by atoms with Gasteiger partial charge in [-0.1, -0.05) is 17.7 Å². The maximum absolute atomic E-state index is 12.2. The third kappa shape index (κ3) is 3.07. The lowest BCUT2D eigenvalue weighted by Crippen LogP contribution is -2.18. The first-order chi connectivity index (χ1) is 9.20. The Hall–Kier alpha value is -1.67. The highest BCUT2D eigenvalue weighted by molar-refractivity contribution is 7.90. The van der Waals surface area contributed by atoms with E-state index in [4.69, 9.17) is 11.6 Å². The van der Waals surface area contributed by atoms with Gasteiger partial charge in [0.1, 0.15) is 10.9 Å². The van der Waals surface area contributed by atoms with Gasteiger partial charge in [0.15, 0.2) is 0 Å². The van der Waals surface area contributed by atoms with Crippen molar-refractivity contribution in [3.05, 3.63) is 47.7 Å². The van der Waals surface area contributed by atoms with Crippen molar-refractivity contribution in [1.82, 2.24) is 3.97 Å². The van der Waals surface area contributed by atoms with E-state index in [9.17, 15) is 21.6 Å². The molecule has 2 rings (SSSR count). The van der Waals surface area contributed by atoms with E-state index in [0.29, 0.717) is 0 Å². The summed E-state index contributed by atoms with van der Waals surface area (Å²) in [6, 6.07) is 6.81. The zero-order valence-electron chi connectivity index (χ0n) is 9.63. The quantitative estimate of drug-likeness (QED) is 0.870. The van der Waals surface area contributed by atoms with Crippen molar-refractivity contribution in [1.29, 1.82) is 0 Å². The van der Waals surface area contributed by atoms with Crippen molar-refractivity contribution in [3.8, 4) is 5.75 Å². The molecule has 0 saturated carbocycles. The van der Waals surface area contributed by atoms with Crippen LogP contribution < -0.4 is 4.74 Å². The molecule has 0 aliphatic carbocycles. The normalized spacial score (nSPS) is 12.4. The Labute approximate surface area is 117 Å². The van der Waals surface area contributed by atoms with Crippen LogP contribution in [0.25, 0.3) is 0 Å². The Morgan fingerprint density at radius 3 is 2.40 bits per heavy atom. The third-order valence-corrected chi connectivity index (χ3v) is 4.36. The van der Waals surface area contributed by atoms with Crippen LogP contribution in [0.2, 0.25) is 5.15 Å². The molecule has 0 saturated heterocycles. The van der Waals surface area contributed by atoms with Crippen LogP contribution in [0, 0.1) is 0 Å². The van der Waals surface area contributed by atoms with Gasteiger partial charge in [-0.15, -0.1) is 13.2 Å². The zero-order valence-corrected chi connectivity index (χ0v) is 11.2. The molecule has 1 heterocycles. The van der Waals surface area contributed by atoms with Gasteiger partial charge in [-0.2, -0.15) is 0 Å². The van der Waals surface area contributed by atoms with Gasteiger partial charge >= 0.3 is 6.36 Å². The Kier molecular flexibility index (Phi) is 3.70. The minimum atomic E-state index is -4.90. The molecule has 108 valence electrons. The van der Waals surface area contributed by atoms with Crippen LogP contribution in [0.5, 0.6) is 5.75 Å². The summed E-state index contributed by atoms with van der Waals surface area (Å²) in [5, 5.41) is -0.0767. The van der Waals surface area contributed by atoms with Gasteiger partial charge in [-0.3, -0.25) is 0 Å². The van der Waals surface area contributed by atoms with Gasteiger partial charge < -0.3 is 4.74 Å². The minimum absolute atomic E-state index is 0.0767. The largest absolute Gasteiger partial charge is 0.573 e. The van der Waals surface area contributed by atoms with Gasteiger partial charge in [0, 0.05) is 12.3 Å². The van der Waals surface area contributed by atoms with E-state index in [1.807, 2.05) is 0 Å². The van der Waals surface area contributed by atoms with Crippen LogP contribution in [0.3, 0.4) is 0 Å². The summed E-state index contributed by atoms with van der Waals surface area (Å²) in [5.74, 6) is -0.623. The molecule has 0 amide bonds. The van der Waals surface area contributed by atoms with Gasteiger partial charge in [0.05, 0.1) is 4.90 Å². The summed E-state index contributed by atoms with van der Waals surface area (Å²) in [6.45, 7) is 0. The van der Waals surface area contributed by atoms with E-state index in [-0.39, 0.29) is 10.0 Å².